The molecule has 3 aromatic carbocycles. The number of carbonyl (C=O) groups excluding carboxylic acids is 1. The second-order valence-corrected chi connectivity index (χ2v) is 8.92. The first-order valence-corrected chi connectivity index (χ1v) is 10.9. The lowest BCUT2D eigenvalue weighted by Gasteiger charge is -2.22. The Morgan fingerprint density at radius 3 is 2.30 bits per heavy atom. The molecule has 1 N–H and O–H groups in total. The molecule has 0 aliphatic rings. The van der Waals surface area contributed by atoms with E-state index in [1.165, 1.54) is 36.4 Å². The first-order valence-electron chi connectivity index (χ1n) is 9.46. The van der Waals surface area contributed by atoms with E-state index in [4.69, 9.17) is 0 Å². The molecule has 7 heteroatoms. The zero-order valence-corrected chi connectivity index (χ0v) is 17.4. The molecule has 0 aliphatic carbocycles. The SMILES string of the molecule is Cc1cccc(CNC(=O)CN(Cc2ccc(F)cc2)S(=O)(=O)c2ccccc2)c1. The molecule has 30 heavy (non-hydrogen) atoms. The largest absolute Gasteiger partial charge is 0.351 e. The van der Waals surface area contributed by atoms with Gasteiger partial charge in [0.2, 0.25) is 15.9 Å². The molecule has 0 aliphatic heterocycles. The van der Waals surface area contributed by atoms with Gasteiger partial charge in [-0.3, -0.25) is 4.79 Å². The lowest BCUT2D eigenvalue weighted by Crippen LogP contribution is -2.40. The Hall–Kier alpha value is -3.03. The van der Waals surface area contributed by atoms with Crippen molar-refractivity contribution in [3.63, 3.8) is 0 Å². The minimum Gasteiger partial charge on any atom is -0.351 e. The topological polar surface area (TPSA) is 66.5 Å². The van der Waals surface area contributed by atoms with E-state index in [-0.39, 0.29) is 18.0 Å². The van der Waals surface area contributed by atoms with E-state index in [9.17, 15) is 17.6 Å². The van der Waals surface area contributed by atoms with Crippen molar-refractivity contribution in [2.45, 2.75) is 24.9 Å². The van der Waals surface area contributed by atoms with Crippen molar-refractivity contribution in [1.29, 1.82) is 0 Å². The van der Waals surface area contributed by atoms with Gasteiger partial charge in [-0.25, -0.2) is 12.8 Å². The summed E-state index contributed by atoms with van der Waals surface area (Å²) in [4.78, 5) is 12.7. The predicted molar refractivity (Wildman–Crippen MR) is 113 cm³/mol. The summed E-state index contributed by atoms with van der Waals surface area (Å²) in [6.45, 7) is 1.87. The Bertz CT molecular complexity index is 1100. The number of rotatable bonds is 8. The number of carbonyl (C=O) groups is 1. The summed E-state index contributed by atoms with van der Waals surface area (Å²) >= 11 is 0. The van der Waals surface area contributed by atoms with Gasteiger partial charge in [-0.1, -0.05) is 60.2 Å². The van der Waals surface area contributed by atoms with Gasteiger partial charge < -0.3 is 5.32 Å². The molecule has 0 bridgehead atoms. The van der Waals surface area contributed by atoms with E-state index in [0.717, 1.165) is 15.4 Å². The van der Waals surface area contributed by atoms with Gasteiger partial charge in [0, 0.05) is 13.1 Å². The van der Waals surface area contributed by atoms with Gasteiger partial charge in [-0.2, -0.15) is 4.31 Å². The standard InChI is InChI=1S/C23H23FN2O3S/c1-18-6-5-7-20(14-18)15-25-23(27)17-26(16-19-10-12-21(24)13-11-19)30(28,29)22-8-3-2-4-9-22/h2-14H,15-17H2,1H3,(H,25,27). The van der Waals surface area contributed by atoms with Crippen molar-refractivity contribution in [3.05, 3.63) is 101 Å². The molecule has 3 rings (SSSR count). The average molecular weight is 427 g/mol. The number of amides is 1. The molecule has 0 saturated carbocycles. The highest BCUT2D eigenvalue weighted by Crippen LogP contribution is 2.18. The molecule has 1 amide bonds. The molecular formula is C23H23FN2O3S. The van der Waals surface area contributed by atoms with Gasteiger partial charge in [-0.15, -0.1) is 0 Å². The van der Waals surface area contributed by atoms with E-state index in [1.807, 2.05) is 31.2 Å². The highest BCUT2D eigenvalue weighted by Gasteiger charge is 2.26. The van der Waals surface area contributed by atoms with E-state index in [0.29, 0.717) is 12.1 Å². The number of benzene rings is 3. The quantitative estimate of drug-likeness (QED) is 0.598. The van der Waals surface area contributed by atoms with Crippen LogP contribution in [0.25, 0.3) is 0 Å². The third kappa shape index (κ3) is 5.75. The zero-order valence-electron chi connectivity index (χ0n) is 16.6. The molecular weight excluding hydrogens is 403 g/mol. The summed E-state index contributed by atoms with van der Waals surface area (Å²) in [6.07, 6.45) is 0. The maximum Gasteiger partial charge on any atom is 0.243 e. The Morgan fingerprint density at radius 1 is 0.933 bits per heavy atom. The summed E-state index contributed by atoms with van der Waals surface area (Å²) in [6, 6.07) is 21.2. The van der Waals surface area contributed by atoms with Crippen LogP contribution in [0.4, 0.5) is 4.39 Å². The van der Waals surface area contributed by atoms with Crippen LogP contribution in [0.15, 0.2) is 83.8 Å². The van der Waals surface area contributed by atoms with Crippen LogP contribution in [0.3, 0.4) is 0 Å². The van der Waals surface area contributed by atoms with Gasteiger partial charge in [0.1, 0.15) is 5.82 Å². The molecule has 0 atom stereocenters. The molecule has 3 aromatic rings. The van der Waals surface area contributed by atoms with Crippen LogP contribution in [0, 0.1) is 12.7 Å². The smallest absolute Gasteiger partial charge is 0.243 e. The highest BCUT2D eigenvalue weighted by atomic mass is 32.2. The molecule has 0 aromatic heterocycles. The number of hydrogen-bond donors (Lipinski definition) is 1. The molecule has 0 heterocycles. The molecule has 0 fully saturated rings. The van der Waals surface area contributed by atoms with Gasteiger partial charge in [0.15, 0.2) is 0 Å². The number of nitrogens with zero attached hydrogens (tertiary/aromatic N) is 1. The predicted octanol–water partition coefficient (Wildman–Crippen LogP) is 3.64. The summed E-state index contributed by atoms with van der Waals surface area (Å²) in [5.74, 6) is -0.828. The lowest BCUT2D eigenvalue weighted by molar-refractivity contribution is -0.121. The van der Waals surface area contributed by atoms with Crippen LogP contribution < -0.4 is 5.32 Å². The maximum absolute atomic E-state index is 13.2. The summed E-state index contributed by atoms with van der Waals surface area (Å²) < 4.78 is 40.6. The van der Waals surface area contributed by atoms with Crippen molar-refractivity contribution in [1.82, 2.24) is 9.62 Å². The Labute approximate surface area is 176 Å². The molecule has 5 nitrogen and oxygen atoms in total. The normalized spacial score (nSPS) is 11.4. The monoisotopic (exact) mass is 426 g/mol. The Morgan fingerprint density at radius 2 is 1.63 bits per heavy atom. The summed E-state index contributed by atoms with van der Waals surface area (Å²) in [7, 11) is -3.92. The Balaban J connectivity index is 1.78. The van der Waals surface area contributed by atoms with Crippen molar-refractivity contribution in [3.8, 4) is 0 Å². The number of nitrogens with one attached hydrogen (secondary N) is 1. The Kier molecular flexibility index (Phi) is 6.97. The van der Waals surface area contributed by atoms with Crippen molar-refractivity contribution >= 4 is 15.9 Å². The van der Waals surface area contributed by atoms with Gasteiger partial charge in [0.25, 0.3) is 0 Å². The van der Waals surface area contributed by atoms with Crippen LogP contribution in [-0.4, -0.2) is 25.2 Å². The van der Waals surface area contributed by atoms with E-state index in [2.05, 4.69) is 5.32 Å². The average Bonchev–Trinajstić information content (AvgIpc) is 2.74. The third-order valence-corrected chi connectivity index (χ3v) is 6.35. The van der Waals surface area contributed by atoms with E-state index in [1.54, 1.807) is 18.2 Å². The first-order chi connectivity index (χ1) is 14.3. The number of aryl methyl sites for hydroxylation is 1. The van der Waals surface area contributed by atoms with E-state index >= 15 is 0 Å². The minimum atomic E-state index is -3.92. The second-order valence-electron chi connectivity index (χ2n) is 6.98. The fourth-order valence-corrected chi connectivity index (χ4v) is 4.41. The van der Waals surface area contributed by atoms with Crippen LogP contribution in [0.1, 0.15) is 16.7 Å². The highest BCUT2D eigenvalue weighted by molar-refractivity contribution is 7.89. The molecule has 0 unspecified atom stereocenters. The van der Waals surface area contributed by atoms with E-state index < -0.39 is 21.7 Å². The molecule has 0 radical (unpaired) electrons. The zero-order chi connectivity index (χ0) is 21.6. The fourth-order valence-electron chi connectivity index (χ4n) is 3.00. The fraction of sp³-hybridized carbons (Fsp3) is 0.174. The third-order valence-electron chi connectivity index (χ3n) is 4.55. The van der Waals surface area contributed by atoms with Crippen molar-refractivity contribution in [2.75, 3.05) is 6.54 Å². The van der Waals surface area contributed by atoms with Crippen molar-refractivity contribution < 1.29 is 17.6 Å². The second kappa shape index (κ2) is 9.65. The summed E-state index contributed by atoms with van der Waals surface area (Å²) in [5, 5.41) is 2.77. The molecule has 156 valence electrons. The number of halogens is 1. The number of sulfonamides is 1. The maximum atomic E-state index is 13.2. The van der Waals surface area contributed by atoms with Crippen molar-refractivity contribution in [2.24, 2.45) is 0 Å². The lowest BCUT2D eigenvalue weighted by atomic mass is 10.1. The van der Waals surface area contributed by atoms with Crippen LogP contribution in [-0.2, 0) is 27.9 Å². The molecule has 0 saturated heterocycles. The molecule has 0 spiro atoms. The van der Waals surface area contributed by atoms with Gasteiger partial charge in [0.05, 0.1) is 11.4 Å². The van der Waals surface area contributed by atoms with Crippen LogP contribution >= 0.6 is 0 Å². The van der Waals surface area contributed by atoms with Crippen LogP contribution in [0.2, 0.25) is 0 Å². The first kappa shape index (κ1) is 21.7. The summed E-state index contributed by atoms with van der Waals surface area (Å²) in [5.41, 5.74) is 2.59. The van der Waals surface area contributed by atoms with Gasteiger partial charge >= 0.3 is 0 Å². The van der Waals surface area contributed by atoms with Gasteiger partial charge in [-0.05, 0) is 42.3 Å². The minimum absolute atomic E-state index is 0.0463. The van der Waals surface area contributed by atoms with Crippen LogP contribution in [0.5, 0.6) is 0 Å². The number of hydrogen-bond acceptors (Lipinski definition) is 3.